The van der Waals surface area contributed by atoms with Crippen molar-refractivity contribution in [1.82, 2.24) is 0 Å². The molecular weight excluding hydrogens is 490 g/mol. The number of nitrogens with one attached hydrogen (secondary N) is 1. The minimum atomic E-state index is -0.863. The first kappa shape index (κ1) is 25.6. The first-order chi connectivity index (χ1) is 17.4. The molecule has 2 aliphatic rings. The minimum absolute atomic E-state index is 0.0368. The number of hydrogen-bond donors (Lipinski definition) is 1. The number of nitro benzene ring substituents is 1. The topological polar surface area (TPSA) is 137 Å². The molecule has 1 fully saturated rings. The van der Waals surface area contributed by atoms with E-state index in [2.05, 4.69) is 5.32 Å². The van der Waals surface area contributed by atoms with Crippen LogP contribution in [-0.4, -0.2) is 62.3 Å². The van der Waals surface area contributed by atoms with Crippen LogP contribution < -0.4 is 10.2 Å². The highest BCUT2D eigenvalue weighted by Gasteiger charge is 2.28. The summed E-state index contributed by atoms with van der Waals surface area (Å²) in [6, 6.07) is 4.09. The van der Waals surface area contributed by atoms with Crippen molar-refractivity contribution in [1.29, 1.82) is 0 Å². The lowest BCUT2D eigenvalue weighted by Crippen LogP contribution is -2.36. The molecule has 192 valence electrons. The predicted octanol–water partition coefficient (Wildman–Crippen LogP) is 3.34. The summed E-state index contributed by atoms with van der Waals surface area (Å²) in [4.78, 5) is 51.6. The van der Waals surface area contributed by atoms with Crippen LogP contribution in [0.5, 0.6) is 0 Å². The number of aryl methyl sites for hydroxylation is 1. The quantitative estimate of drug-likeness (QED) is 0.317. The van der Waals surface area contributed by atoms with E-state index in [1.165, 1.54) is 23.5 Å². The normalized spacial score (nSPS) is 15.1. The number of rotatable bonds is 8. The van der Waals surface area contributed by atoms with E-state index in [1.807, 2.05) is 4.90 Å². The van der Waals surface area contributed by atoms with Crippen LogP contribution >= 0.6 is 11.3 Å². The van der Waals surface area contributed by atoms with Gasteiger partial charge in [0, 0.05) is 24.0 Å². The van der Waals surface area contributed by atoms with Gasteiger partial charge in [-0.25, -0.2) is 9.59 Å². The molecule has 1 amide bonds. The van der Waals surface area contributed by atoms with E-state index in [-0.39, 0.29) is 17.9 Å². The number of amides is 1. The number of esters is 2. The molecule has 0 atom stereocenters. The van der Waals surface area contributed by atoms with Crippen molar-refractivity contribution in [2.45, 2.75) is 32.6 Å². The lowest BCUT2D eigenvalue weighted by molar-refractivity contribution is -0.384. The second-order valence-electron chi connectivity index (χ2n) is 8.32. The van der Waals surface area contributed by atoms with E-state index in [0.29, 0.717) is 42.6 Å². The van der Waals surface area contributed by atoms with Crippen molar-refractivity contribution in [3.05, 3.63) is 49.9 Å². The molecule has 0 unspecified atom stereocenters. The van der Waals surface area contributed by atoms with Gasteiger partial charge < -0.3 is 24.4 Å². The molecule has 0 bridgehead atoms. The van der Waals surface area contributed by atoms with Crippen LogP contribution in [0.2, 0.25) is 0 Å². The number of anilines is 2. The van der Waals surface area contributed by atoms with Gasteiger partial charge in [-0.3, -0.25) is 14.9 Å². The van der Waals surface area contributed by atoms with E-state index in [0.717, 1.165) is 42.2 Å². The van der Waals surface area contributed by atoms with Gasteiger partial charge >= 0.3 is 11.9 Å². The average Bonchev–Trinajstić information content (AvgIpc) is 3.25. The zero-order valence-electron chi connectivity index (χ0n) is 19.9. The lowest BCUT2D eigenvalue weighted by atomic mass is 9.95. The van der Waals surface area contributed by atoms with Gasteiger partial charge in [-0.15, -0.1) is 11.3 Å². The summed E-state index contributed by atoms with van der Waals surface area (Å²) in [6.07, 6.45) is 3.54. The largest absolute Gasteiger partial charge is 0.462 e. The molecule has 0 saturated carbocycles. The number of carbonyl (C=O) groups excluding carboxylic acids is 3. The third-order valence-corrected chi connectivity index (χ3v) is 7.20. The Labute approximate surface area is 211 Å². The van der Waals surface area contributed by atoms with Crippen molar-refractivity contribution in [3.8, 4) is 0 Å². The van der Waals surface area contributed by atoms with Gasteiger partial charge in [-0.05, 0) is 50.3 Å². The lowest BCUT2D eigenvalue weighted by Gasteiger charge is -2.28. The molecule has 1 aliphatic heterocycles. The molecule has 1 saturated heterocycles. The van der Waals surface area contributed by atoms with Crippen LogP contribution in [0.1, 0.15) is 50.9 Å². The third kappa shape index (κ3) is 5.65. The van der Waals surface area contributed by atoms with Gasteiger partial charge in [0.15, 0.2) is 6.61 Å². The van der Waals surface area contributed by atoms with Crippen LogP contribution in [0.25, 0.3) is 0 Å². The van der Waals surface area contributed by atoms with E-state index >= 15 is 0 Å². The number of fused-ring (bicyclic) bond motifs is 1. The van der Waals surface area contributed by atoms with Gasteiger partial charge in [0.1, 0.15) is 10.7 Å². The number of carbonyl (C=O) groups is 3. The van der Waals surface area contributed by atoms with Crippen molar-refractivity contribution in [2.75, 3.05) is 49.7 Å². The second kappa shape index (κ2) is 11.5. The summed E-state index contributed by atoms with van der Waals surface area (Å²) < 4.78 is 15.6. The van der Waals surface area contributed by atoms with E-state index in [1.54, 1.807) is 6.92 Å². The molecule has 0 radical (unpaired) electrons. The first-order valence-corrected chi connectivity index (χ1v) is 12.6. The summed E-state index contributed by atoms with van der Waals surface area (Å²) in [5, 5.41) is 14.7. The highest BCUT2D eigenvalue weighted by atomic mass is 32.1. The monoisotopic (exact) mass is 517 g/mol. The van der Waals surface area contributed by atoms with Crippen LogP contribution in [0.15, 0.2) is 18.2 Å². The van der Waals surface area contributed by atoms with Crippen molar-refractivity contribution in [2.24, 2.45) is 0 Å². The summed E-state index contributed by atoms with van der Waals surface area (Å²) >= 11 is 1.33. The maximum atomic E-state index is 12.6. The van der Waals surface area contributed by atoms with Crippen LogP contribution in [-0.2, 0) is 31.8 Å². The Morgan fingerprint density at radius 1 is 1.14 bits per heavy atom. The minimum Gasteiger partial charge on any atom is -0.462 e. The van der Waals surface area contributed by atoms with Crippen LogP contribution in [0.3, 0.4) is 0 Å². The Kier molecular flexibility index (Phi) is 8.16. The number of hydrogen-bond acceptors (Lipinski definition) is 10. The number of ether oxygens (including phenoxy) is 3. The SMILES string of the molecule is CCOC(=O)c1c(NC(=O)COC(=O)c2ccc(N3CCOCC3)c([N+](=O)[O-])c2)sc2c1CCCC2. The highest BCUT2D eigenvalue weighted by Crippen LogP contribution is 2.38. The van der Waals surface area contributed by atoms with Crippen molar-refractivity contribution < 1.29 is 33.5 Å². The van der Waals surface area contributed by atoms with E-state index in [4.69, 9.17) is 14.2 Å². The second-order valence-corrected chi connectivity index (χ2v) is 9.42. The number of benzene rings is 1. The van der Waals surface area contributed by atoms with Gasteiger partial charge in [0.25, 0.3) is 11.6 Å². The summed E-state index contributed by atoms with van der Waals surface area (Å²) in [5.74, 6) is -1.97. The highest BCUT2D eigenvalue weighted by molar-refractivity contribution is 7.17. The summed E-state index contributed by atoms with van der Waals surface area (Å²) in [6.45, 7) is 3.25. The summed E-state index contributed by atoms with van der Waals surface area (Å²) in [5.41, 5.74) is 1.41. The Morgan fingerprint density at radius 2 is 1.89 bits per heavy atom. The molecule has 0 spiro atoms. The summed E-state index contributed by atoms with van der Waals surface area (Å²) in [7, 11) is 0. The molecular formula is C24H27N3O8S. The van der Waals surface area contributed by atoms with E-state index in [9.17, 15) is 24.5 Å². The first-order valence-electron chi connectivity index (χ1n) is 11.8. The average molecular weight is 518 g/mol. The van der Waals surface area contributed by atoms with Crippen LogP contribution in [0.4, 0.5) is 16.4 Å². The fourth-order valence-corrected chi connectivity index (χ4v) is 5.61. The molecule has 36 heavy (non-hydrogen) atoms. The molecule has 12 heteroatoms. The molecule has 1 aromatic carbocycles. The van der Waals surface area contributed by atoms with Gasteiger partial charge in [0.05, 0.1) is 35.9 Å². The Bertz CT molecular complexity index is 1170. The zero-order chi connectivity index (χ0) is 25.7. The Hall–Kier alpha value is -3.51. The molecule has 1 aromatic heterocycles. The van der Waals surface area contributed by atoms with Gasteiger partial charge in [0.2, 0.25) is 0 Å². The maximum Gasteiger partial charge on any atom is 0.341 e. The molecule has 4 rings (SSSR count). The molecule has 11 nitrogen and oxygen atoms in total. The number of nitro groups is 1. The number of thiophene rings is 1. The van der Waals surface area contributed by atoms with Gasteiger partial charge in [-0.2, -0.15) is 0 Å². The zero-order valence-corrected chi connectivity index (χ0v) is 20.7. The standard InChI is InChI=1S/C24H27N3O8S/c1-2-34-24(30)21-16-5-3-4-6-19(16)36-22(21)25-20(28)14-35-23(29)15-7-8-17(18(13-15)27(31)32)26-9-11-33-12-10-26/h7-8,13H,2-6,9-12,14H2,1H3,(H,25,28). The Balaban J connectivity index is 1.43. The molecule has 1 N–H and O–H groups in total. The molecule has 2 heterocycles. The molecule has 1 aliphatic carbocycles. The van der Waals surface area contributed by atoms with Crippen molar-refractivity contribution in [3.63, 3.8) is 0 Å². The fourth-order valence-electron chi connectivity index (χ4n) is 4.32. The predicted molar refractivity (Wildman–Crippen MR) is 132 cm³/mol. The number of nitrogens with zero attached hydrogens (tertiary/aromatic N) is 2. The smallest absolute Gasteiger partial charge is 0.341 e. The van der Waals surface area contributed by atoms with Gasteiger partial charge in [-0.1, -0.05) is 0 Å². The van der Waals surface area contributed by atoms with Crippen molar-refractivity contribution >= 4 is 45.6 Å². The third-order valence-electron chi connectivity index (χ3n) is 6.00. The van der Waals surface area contributed by atoms with E-state index < -0.39 is 29.4 Å². The Morgan fingerprint density at radius 3 is 2.61 bits per heavy atom. The number of morpholine rings is 1. The van der Waals surface area contributed by atoms with Crippen LogP contribution in [0, 0.1) is 10.1 Å². The fraction of sp³-hybridized carbons (Fsp3) is 0.458. The maximum absolute atomic E-state index is 12.6. The molecule has 2 aromatic rings.